The van der Waals surface area contributed by atoms with E-state index in [9.17, 15) is 0 Å². The average Bonchev–Trinajstić information content (AvgIpc) is 2.66. The molecule has 1 aromatic carbocycles. The van der Waals surface area contributed by atoms with Gasteiger partial charge in [-0.3, -0.25) is 0 Å². The quantitative estimate of drug-likeness (QED) is 0.431. The maximum absolute atomic E-state index is 6.15. The maximum atomic E-state index is 6.15. The van der Waals surface area contributed by atoms with Crippen LogP contribution in [0.25, 0.3) is 0 Å². The summed E-state index contributed by atoms with van der Waals surface area (Å²) < 4.78 is 17.2. The number of ether oxygens (including phenoxy) is 3. The first-order chi connectivity index (χ1) is 13.1. The molecule has 2 rings (SSSR count). The van der Waals surface area contributed by atoms with Crippen molar-refractivity contribution in [3.05, 3.63) is 28.2 Å². The van der Waals surface area contributed by atoms with Gasteiger partial charge >= 0.3 is 0 Å². The third kappa shape index (κ3) is 8.16. The predicted octanol–water partition coefficient (Wildman–Crippen LogP) is 5.31. The first-order valence-corrected chi connectivity index (χ1v) is 10.8. The van der Waals surface area contributed by atoms with Crippen LogP contribution in [-0.4, -0.2) is 57.6 Å². The van der Waals surface area contributed by atoms with Crippen LogP contribution < -0.4 is 4.74 Å². The molecule has 0 aromatic heterocycles. The fourth-order valence-electron chi connectivity index (χ4n) is 3.51. The van der Waals surface area contributed by atoms with Crippen molar-refractivity contribution in [3.63, 3.8) is 0 Å². The lowest BCUT2D eigenvalue weighted by atomic mass is 9.90. The van der Waals surface area contributed by atoms with Gasteiger partial charge in [0.15, 0.2) is 0 Å². The Balaban J connectivity index is 1.81. The first kappa shape index (κ1) is 22.8. The van der Waals surface area contributed by atoms with E-state index in [1.54, 1.807) is 19.2 Å². The van der Waals surface area contributed by atoms with Crippen molar-refractivity contribution in [3.8, 4) is 5.75 Å². The predicted molar refractivity (Wildman–Crippen MR) is 112 cm³/mol. The summed E-state index contributed by atoms with van der Waals surface area (Å²) >= 11 is 12.0. The summed E-state index contributed by atoms with van der Waals surface area (Å²) in [4.78, 5) is 2.55. The summed E-state index contributed by atoms with van der Waals surface area (Å²) in [5.41, 5.74) is 0. The van der Waals surface area contributed by atoms with E-state index in [0.29, 0.717) is 35.8 Å². The zero-order valence-corrected chi connectivity index (χ0v) is 18.1. The largest absolute Gasteiger partial charge is 0.494 e. The zero-order chi connectivity index (χ0) is 19.5. The highest BCUT2D eigenvalue weighted by Gasteiger charge is 2.29. The summed E-state index contributed by atoms with van der Waals surface area (Å²) in [5, 5.41) is 1.07. The third-order valence-corrected chi connectivity index (χ3v) is 5.86. The van der Waals surface area contributed by atoms with Gasteiger partial charge in [-0.2, -0.15) is 0 Å². The number of likely N-dealkylation sites (tertiary alicyclic amines) is 1. The Morgan fingerprint density at radius 3 is 2.70 bits per heavy atom. The van der Waals surface area contributed by atoms with E-state index in [2.05, 4.69) is 11.8 Å². The molecule has 27 heavy (non-hydrogen) atoms. The van der Waals surface area contributed by atoms with Crippen molar-refractivity contribution in [1.82, 2.24) is 4.90 Å². The van der Waals surface area contributed by atoms with E-state index in [-0.39, 0.29) is 6.10 Å². The second kappa shape index (κ2) is 12.8. The number of unbranched alkanes of at least 4 members (excludes halogenated alkanes) is 2. The van der Waals surface area contributed by atoms with Gasteiger partial charge in [0.25, 0.3) is 0 Å². The molecule has 0 bridgehead atoms. The Kier molecular flexibility index (Phi) is 10.8. The molecule has 0 unspecified atom stereocenters. The van der Waals surface area contributed by atoms with Crippen molar-refractivity contribution >= 4 is 23.2 Å². The Morgan fingerprint density at radius 1 is 1.11 bits per heavy atom. The SMILES string of the molecule is CCCCCN1CC[C@H](CCOc2ccc(Cl)c(Cl)c2)[C@H](OCCOC)C1. The molecule has 0 radical (unpaired) electrons. The van der Waals surface area contributed by atoms with Crippen LogP contribution in [0.3, 0.4) is 0 Å². The molecule has 0 spiro atoms. The molecule has 1 saturated heterocycles. The molecule has 1 aliphatic heterocycles. The molecule has 0 N–H and O–H groups in total. The van der Waals surface area contributed by atoms with Gasteiger partial charge in [0, 0.05) is 19.7 Å². The van der Waals surface area contributed by atoms with E-state index in [0.717, 1.165) is 31.7 Å². The minimum Gasteiger partial charge on any atom is -0.494 e. The van der Waals surface area contributed by atoms with Crippen molar-refractivity contribution in [1.29, 1.82) is 0 Å². The van der Waals surface area contributed by atoms with Crippen LogP contribution in [0.1, 0.15) is 39.0 Å². The summed E-state index contributed by atoms with van der Waals surface area (Å²) in [7, 11) is 1.71. The molecular weight excluding hydrogens is 385 g/mol. The maximum Gasteiger partial charge on any atom is 0.120 e. The van der Waals surface area contributed by atoms with E-state index in [1.807, 2.05) is 6.07 Å². The molecule has 0 saturated carbocycles. The fraction of sp³-hybridized carbons (Fsp3) is 0.714. The van der Waals surface area contributed by atoms with Gasteiger partial charge in [-0.1, -0.05) is 43.0 Å². The molecular formula is C21H33Cl2NO3. The van der Waals surface area contributed by atoms with E-state index < -0.39 is 0 Å². The highest BCUT2D eigenvalue weighted by molar-refractivity contribution is 6.42. The molecule has 1 heterocycles. The van der Waals surface area contributed by atoms with Gasteiger partial charge in [-0.05, 0) is 50.4 Å². The minimum atomic E-state index is 0.243. The van der Waals surface area contributed by atoms with Crippen molar-refractivity contribution in [2.75, 3.05) is 46.6 Å². The molecule has 1 fully saturated rings. The summed E-state index contributed by atoms with van der Waals surface area (Å²) in [6.45, 7) is 7.51. The van der Waals surface area contributed by atoms with Gasteiger partial charge < -0.3 is 19.1 Å². The molecule has 1 aliphatic rings. The molecule has 0 aliphatic carbocycles. The lowest BCUT2D eigenvalue weighted by Gasteiger charge is -2.38. The van der Waals surface area contributed by atoms with Crippen LogP contribution in [0.15, 0.2) is 18.2 Å². The molecule has 2 atom stereocenters. The van der Waals surface area contributed by atoms with Gasteiger partial charge in [-0.25, -0.2) is 0 Å². The summed E-state index contributed by atoms with van der Waals surface area (Å²) in [5.74, 6) is 1.27. The molecule has 1 aromatic rings. The topological polar surface area (TPSA) is 30.9 Å². The summed E-state index contributed by atoms with van der Waals surface area (Å²) in [6, 6.07) is 5.40. The Morgan fingerprint density at radius 2 is 1.96 bits per heavy atom. The fourth-order valence-corrected chi connectivity index (χ4v) is 3.80. The zero-order valence-electron chi connectivity index (χ0n) is 16.6. The van der Waals surface area contributed by atoms with Crippen LogP contribution in [-0.2, 0) is 9.47 Å². The van der Waals surface area contributed by atoms with Crippen LogP contribution in [0.5, 0.6) is 5.75 Å². The third-order valence-electron chi connectivity index (χ3n) is 5.13. The lowest BCUT2D eigenvalue weighted by Crippen LogP contribution is -2.46. The Hall–Kier alpha value is -0.520. The summed E-state index contributed by atoms with van der Waals surface area (Å²) in [6.07, 6.45) is 6.19. The monoisotopic (exact) mass is 417 g/mol. The number of benzene rings is 1. The minimum absolute atomic E-state index is 0.243. The van der Waals surface area contributed by atoms with Gasteiger partial charge in [-0.15, -0.1) is 0 Å². The van der Waals surface area contributed by atoms with Crippen LogP contribution in [0, 0.1) is 5.92 Å². The molecule has 6 heteroatoms. The average molecular weight is 418 g/mol. The normalized spacial score (nSPS) is 20.7. The number of halogens is 2. The van der Waals surface area contributed by atoms with Crippen LogP contribution in [0.4, 0.5) is 0 Å². The number of hydrogen-bond donors (Lipinski definition) is 0. The van der Waals surface area contributed by atoms with Crippen molar-refractivity contribution in [2.45, 2.75) is 45.1 Å². The van der Waals surface area contributed by atoms with Crippen molar-refractivity contribution in [2.24, 2.45) is 5.92 Å². The second-order valence-corrected chi connectivity index (χ2v) is 7.99. The number of methoxy groups -OCH3 is 1. The number of hydrogen-bond acceptors (Lipinski definition) is 4. The van der Waals surface area contributed by atoms with Gasteiger partial charge in [0.2, 0.25) is 0 Å². The van der Waals surface area contributed by atoms with E-state index >= 15 is 0 Å². The van der Waals surface area contributed by atoms with Gasteiger partial charge in [0.1, 0.15) is 5.75 Å². The van der Waals surface area contributed by atoms with Gasteiger partial charge in [0.05, 0.1) is 36.0 Å². The molecule has 154 valence electrons. The van der Waals surface area contributed by atoms with E-state index in [4.69, 9.17) is 37.4 Å². The van der Waals surface area contributed by atoms with Crippen LogP contribution >= 0.6 is 23.2 Å². The Labute approximate surface area is 174 Å². The molecule has 0 amide bonds. The Bertz CT molecular complexity index is 544. The molecule has 4 nitrogen and oxygen atoms in total. The number of piperidine rings is 1. The van der Waals surface area contributed by atoms with E-state index in [1.165, 1.54) is 25.8 Å². The number of rotatable bonds is 12. The standard InChI is InChI=1S/C21H33Cl2NO3/c1-3-4-5-10-24-11-8-17(21(16-24)27-14-13-25-2)9-12-26-18-6-7-19(22)20(23)15-18/h6-7,15,17,21H,3-5,8-14,16H2,1-2H3/t17-,21-/m1/s1. The lowest BCUT2D eigenvalue weighted by molar-refractivity contribution is -0.0567. The second-order valence-electron chi connectivity index (χ2n) is 7.17. The first-order valence-electron chi connectivity index (χ1n) is 10.0. The smallest absolute Gasteiger partial charge is 0.120 e. The van der Waals surface area contributed by atoms with Crippen molar-refractivity contribution < 1.29 is 14.2 Å². The highest BCUT2D eigenvalue weighted by atomic mass is 35.5. The van der Waals surface area contributed by atoms with Crippen LogP contribution in [0.2, 0.25) is 10.0 Å². The highest BCUT2D eigenvalue weighted by Crippen LogP contribution is 2.28. The number of nitrogens with zero attached hydrogens (tertiary/aromatic N) is 1.